The summed E-state index contributed by atoms with van der Waals surface area (Å²) in [5, 5.41) is 4.04. The Morgan fingerprint density at radius 3 is 2.89 bits per heavy atom. The Hall–Kier alpha value is -0.840. The van der Waals surface area contributed by atoms with E-state index in [-0.39, 0.29) is 0 Å². The van der Waals surface area contributed by atoms with E-state index in [1.165, 1.54) is 12.8 Å². The van der Waals surface area contributed by atoms with Crippen molar-refractivity contribution in [3.05, 3.63) is 22.8 Å². The van der Waals surface area contributed by atoms with Crippen LogP contribution in [0.2, 0.25) is 5.02 Å². The van der Waals surface area contributed by atoms with Gasteiger partial charge < -0.3 is 15.0 Å². The van der Waals surface area contributed by atoms with Crippen molar-refractivity contribution in [3.63, 3.8) is 0 Å². The molecule has 0 spiro atoms. The van der Waals surface area contributed by atoms with Crippen molar-refractivity contribution in [1.29, 1.82) is 0 Å². The normalized spacial score (nSPS) is 14.9. The third-order valence-corrected chi connectivity index (χ3v) is 3.30. The van der Waals surface area contributed by atoms with Gasteiger partial charge in [0.25, 0.3) is 0 Å². The van der Waals surface area contributed by atoms with Crippen molar-refractivity contribution in [3.8, 4) is 5.88 Å². The van der Waals surface area contributed by atoms with Gasteiger partial charge in [-0.2, -0.15) is 0 Å². The second-order valence-corrected chi connectivity index (χ2v) is 5.70. The van der Waals surface area contributed by atoms with E-state index < -0.39 is 0 Å². The number of ether oxygens (including phenoxy) is 1. The zero-order valence-electron chi connectivity index (χ0n) is 11.7. The highest BCUT2D eigenvalue weighted by Crippen LogP contribution is 2.24. The molecule has 1 aromatic heterocycles. The van der Waals surface area contributed by atoms with Crippen LogP contribution in [0, 0.1) is 0 Å². The van der Waals surface area contributed by atoms with Crippen molar-refractivity contribution < 1.29 is 4.74 Å². The summed E-state index contributed by atoms with van der Waals surface area (Å²) in [5.74, 6) is 0.538. The fourth-order valence-corrected chi connectivity index (χ4v) is 2.01. The Balaban J connectivity index is 1.77. The van der Waals surface area contributed by atoms with Crippen LogP contribution in [0.25, 0.3) is 0 Å². The lowest BCUT2D eigenvalue weighted by Crippen LogP contribution is -2.16. The molecular weight excluding hydrogens is 262 g/mol. The number of nitrogens with one attached hydrogen (secondary N) is 1. The van der Waals surface area contributed by atoms with Crippen LogP contribution in [0.4, 0.5) is 0 Å². The quantitative estimate of drug-likeness (QED) is 0.743. The molecule has 1 aliphatic carbocycles. The highest BCUT2D eigenvalue weighted by Gasteiger charge is 2.20. The van der Waals surface area contributed by atoms with Gasteiger partial charge in [-0.15, -0.1) is 0 Å². The Bertz CT molecular complexity index is 408. The van der Waals surface area contributed by atoms with Gasteiger partial charge in [0.1, 0.15) is 5.02 Å². The van der Waals surface area contributed by atoms with Crippen LogP contribution < -0.4 is 10.1 Å². The summed E-state index contributed by atoms with van der Waals surface area (Å²) in [4.78, 5) is 6.42. The van der Waals surface area contributed by atoms with E-state index in [0.717, 1.165) is 25.1 Å². The average molecular weight is 284 g/mol. The molecule has 0 aliphatic heterocycles. The molecular formula is C14H22ClN3O. The van der Waals surface area contributed by atoms with Gasteiger partial charge in [0.2, 0.25) is 5.88 Å². The molecule has 0 unspecified atom stereocenters. The first-order valence-electron chi connectivity index (χ1n) is 6.80. The van der Waals surface area contributed by atoms with E-state index in [4.69, 9.17) is 16.3 Å². The van der Waals surface area contributed by atoms with Crippen molar-refractivity contribution >= 4 is 11.6 Å². The second kappa shape index (κ2) is 7.08. The maximum atomic E-state index is 6.18. The molecule has 0 saturated heterocycles. The van der Waals surface area contributed by atoms with E-state index in [2.05, 4.69) is 15.2 Å². The molecule has 0 aromatic carbocycles. The highest BCUT2D eigenvalue weighted by molar-refractivity contribution is 6.31. The predicted molar refractivity (Wildman–Crippen MR) is 77.8 cm³/mol. The molecule has 1 aromatic rings. The van der Waals surface area contributed by atoms with Gasteiger partial charge in [0, 0.05) is 25.3 Å². The lowest BCUT2D eigenvalue weighted by atomic mass is 10.3. The Morgan fingerprint density at radius 1 is 1.47 bits per heavy atom. The lowest BCUT2D eigenvalue weighted by Gasteiger charge is -2.11. The number of halogens is 1. The third kappa shape index (κ3) is 5.35. The summed E-state index contributed by atoms with van der Waals surface area (Å²) in [6, 6.07) is 2.63. The third-order valence-electron chi connectivity index (χ3n) is 3.02. The second-order valence-electron chi connectivity index (χ2n) is 5.29. The first-order chi connectivity index (χ1) is 9.15. The molecule has 2 rings (SSSR count). The summed E-state index contributed by atoms with van der Waals surface area (Å²) in [7, 11) is 4.10. The van der Waals surface area contributed by atoms with Crippen LogP contribution in [0.15, 0.2) is 12.3 Å². The molecule has 1 N–H and O–H groups in total. The lowest BCUT2D eigenvalue weighted by molar-refractivity contribution is 0.273. The Kier molecular flexibility index (Phi) is 5.43. The maximum Gasteiger partial charge on any atom is 0.232 e. The largest absolute Gasteiger partial charge is 0.477 e. The number of aromatic nitrogens is 1. The van der Waals surface area contributed by atoms with Crippen molar-refractivity contribution in [1.82, 2.24) is 15.2 Å². The number of nitrogens with zero attached hydrogens (tertiary/aromatic N) is 2. The van der Waals surface area contributed by atoms with Gasteiger partial charge in [-0.05, 0) is 45.0 Å². The molecule has 0 amide bonds. The summed E-state index contributed by atoms with van der Waals surface area (Å²) >= 11 is 6.18. The molecule has 1 saturated carbocycles. The fourth-order valence-electron chi connectivity index (χ4n) is 1.77. The van der Waals surface area contributed by atoms with Crippen LogP contribution in [-0.2, 0) is 6.54 Å². The minimum atomic E-state index is 0.538. The molecule has 4 nitrogen and oxygen atoms in total. The van der Waals surface area contributed by atoms with Gasteiger partial charge in [-0.25, -0.2) is 4.98 Å². The van der Waals surface area contributed by atoms with Crippen molar-refractivity contribution in [2.45, 2.75) is 31.8 Å². The first-order valence-corrected chi connectivity index (χ1v) is 7.18. The van der Waals surface area contributed by atoms with E-state index in [9.17, 15) is 0 Å². The van der Waals surface area contributed by atoms with Gasteiger partial charge in [-0.1, -0.05) is 11.6 Å². The zero-order chi connectivity index (χ0) is 13.7. The summed E-state index contributed by atoms with van der Waals surface area (Å²) < 4.78 is 5.59. The first kappa shape index (κ1) is 14.6. The van der Waals surface area contributed by atoms with E-state index in [1.807, 2.05) is 26.4 Å². The molecule has 0 radical (unpaired) electrons. The highest BCUT2D eigenvalue weighted by atomic mass is 35.5. The predicted octanol–water partition coefficient (Wildman–Crippen LogP) is 2.32. The van der Waals surface area contributed by atoms with Crippen LogP contribution in [0.3, 0.4) is 0 Å². The van der Waals surface area contributed by atoms with Crippen LogP contribution in [-0.4, -0.2) is 43.2 Å². The summed E-state index contributed by atoms with van der Waals surface area (Å²) in [6.45, 7) is 2.48. The van der Waals surface area contributed by atoms with Gasteiger partial charge in [0.05, 0.1) is 6.61 Å². The number of rotatable bonds is 8. The molecule has 1 aliphatic rings. The molecule has 106 valence electrons. The monoisotopic (exact) mass is 283 g/mol. The topological polar surface area (TPSA) is 37.4 Å². The number of hydrogen-bond donors (Lipinski definition) is 1. The Morgan fingerprint density at radius 2 is 2.26 bits per heavy atom. The number of pyridine rings is 1. The van der Waals surface area contributed by atoms with E-state index in [0.29, 0.717) is 23.6 Å². The fraction of sp³-hybridized carbons (Fsp3) is 0.643. The summed E-state index contributed by atoms with van der Waals surface area (Å²) in [6.07, 6.45) is 5.38. The Labute approximate surface area is 120 Å². The van der Waals surface area contributed by atoms with Crippen LogP contribution in [0.5, 0.6) is 5.88 Å². The average Bonchev–Trinajstić information content (AvgIpc) is 3.17. The molecule has 0 atom stereocenters. The van der Waals surface area contributed by atoms with Crippen LogP contribution >= 0.6 is 11.6 Å². The standard InChI is InChI=1S/C14H22ClN3O/c1-18(2)6-3-7-19-14-13(15)8-11(10-17-14)9-16-12-4-5-12/h8,10,12,16H,3-7,9H2,1-2H3. The molecule has 19 heavy (non-hydrogen) atoms. The van der Waals surface area contributed by atoms with Crippen molar-refractivity contribution in [2.24, 2.45) is 0 Å². The smallest absolute Gasteiger partial charge is 0.232 e. The molecule has 1 fully saturated rings. The molecule has 0 bridgehead atoms. The van der Waals surface area contributed by atoms with Gasteiger partial charge >= 0.3 is 0 Å². The summed E-state index contributed by atoms with van der Waals surface area (Å²) in [5.41, 5.74) is 1.11. The van der Waals surface area contributed by atoms with Gasteiger partial charge in [0.15, 0.2) is 0 Å². The maximum absolute atomic E-state index is 6.18. The zero-order valence-corrected chi connectivity index (χ0v) is 12.4. The minimum absolute atomic E-state index is 0.538. The van der Waals surface area contributed by atoms with E-state index in [1.54, 1.807) is 0 Å². The number of hydrogen-bond acceptors (Lipinski definition) is 4. The van der Waals surface area contributed by atoms with E-state index >= 15 is 0 Å². The SMILES string of the molecule is CN(C)CCCOc1ncc(CNC2CC2)cc1Cl. The van der Waals surface area contributed by atoms with Gasteiger partial charge in [-0.3, -0.25) is 0 Å². The molecule has 5 heteroatoms. The molecule has 1 heterocycles. The van der Waals surface area contributed by atoms with Crippen LogP contribution in [0.1, 0.15) is 24.8 Å². The van der Waals surface area contributed by atoms with Crippen molar-refractivity contribution in [2.75, 3.05) is 27.2 Å². The minimum Gasteiger partial charge on any atom is -0.477 e.